The minimum absolute atomic E-state index is 0.0589. The van der Waals surface area contributed by atoms with Gasteiger partial charge in [0.15, 0.2) is 5.82 Å². The first-order valence-corrected chi connectivity index (χ1v) is 20.1. The van der Waals surface area contributed by atoms with Crippen LogP contribution >= 0.6 is 0 Å². The van der Waals surface area contributed by atoms with E-state index in [9.17, 15) is 39.0 Å². The molecule has 0 spiro atoms. The summed E-state index contributed by atoms with van der Waals surface area (Å²) in [4.78, 5) is 81.3. The number of ether oxygens (including phenoxy) is 1. The average molecular weight is 847 g/mol. The maximum absolute atomic E-state index is 15.6. The van der Waals surface area contributed by atoms with Crippen LogP contribution in [0.15, 0.2) is 77.6 Å². The molecule has 3 aliphatic heterocycles. The number of hydrogen-bond donors (Lipinski definition) is 5. The molecule has 4 aromatic carbocycles. The molecule has 5 aromatic rings. The predicted molar refractivity (Wildman–Crippen MR) is 221 cm³/mol. The molecular formula is C44H43FN8O9. The van der Waals surface area contributed by atoms with Crippen LogP contribution in [0.4, 0.5) is 14.9 Å². The number of fused-ring (bicyclic) bond motifs is 1. The molecule has 5 N–H and O–H groups in total. The van der Waals surface area contributed by atoms with Crippen LogP contribution in [-0.2, 0) is 34.0 Å². The van der Waals surface area contributed by atoms with Crippen LogP contribution in [0.2, 0.25) is 0 Å². The number of H-pyrrole nitrogens is 1. The minimum Gasteiger partial charge on any atom is -0.508 e. The number of phenolic OH excluding ortho intramolecular Hbond substituents is 2. The summed E-state index contributed by atoms with van der Waals surface area (Å²) >= 11 is 0. The highest BCUT2D eigenvalue weighted by molar-refractivity contribution is 6.06. The van der Waals surface area contributed by atoms with Gasteiger partial charge in [-0.3, -0.25) is 34.7 Å². The van der Waals surface area contributed by atoms with Crippen LogP contribution in [0, 0.1) is 5.82 Å². The fourth-order valence-corrected chi connectivity index (χ4v) is 8.03. The Balaban J connectivity index is 0.827. The van der Waals surface area contributed by atoms with Gasteiger partial charge in [0.1, 0.15) is 30.0 Å². The number of nitrogens with one attached hydrogen (secondary N) is 3. The van der Waals surface area contributed by atoms with Crippen LogP contribution in [0.5, 0.6) is 11.5 Å². The van der Waals surface area contributed by atoms with Gasteiger partial charge in [-0.05, 0) is 65.9 Å². The van der Waals surface area contributed by atoms with Gasteiger partial charge in [0.05, 0.1) is 11.3 Å². The number of piperidine rings is 1. The summed E-state index contributed by atoms with van der Waals surface area (Å²) in [6, 6.07) is 17.9. The van der Waals surface area contributed by atoms with Crippen LogP contribution in [0.1, 0.15) is 75.6 Å². The number of imide groups is 1. The van der Waals surface area contributed by atoms with Crippen molar-refractivity contribution in [2.45, 2.75) is 58.3 Å². The van der Waals surface area contributed by atoms with E-state index >= 15 is 4.39 Å². The summed E-state index contributed by atoms with van der Waals surface area (Å²) in [6.07, 6.45) is -0.409. The second kappa shape index (κ2) is 17.0. The SMILES string of the molecule is CC(C)c1cc(-c2n[nH]c(=O)n2-c2ccc(CN3CCN(C(=O)c4ccc(COC(=O)Nc5cccc6c5CN(C5CCC(=O)NC5=O)C6=O)cc4)CC3)c(F)c2)c(O)cc1O. The molecule has 0 bridgehead atoms. The number of nitrogens with zero attached hydrogens (tertiary/aromatic N) is 5. The summed E-state index contributed by atoms with van der Waals surface area (Å²) in [6.45, 7) is 5.81. The highest BCUT2D eigenvalue weighted by atomic mass is 19.1. The van der Waals surface area contributed by atoms with Crippen LogP contribution in [0.25, 0.3) is 17.1 Å². The zero-order valence-corrected chi connectivity index (χ0v) is 33.8. The predicted octanol–water partition coefficient (Wildman–Crippen LogP) is 4.37. The fraction of sp³-hybridized carbons (Fsp3) is 0.295. The van der Waals surface area contributed by atoms with Crippen molar-refractivity contribution in [2.75, 3.05) is 31.5 Å². The molecule has 320 valence electrons. The smallest absolute Gasteiger partial charge is 0.411 e. The molecule has 0 radical (unpaired) electrons. The Morgan fingerprint density at radius 3 is 2.40 bits per heavy atom. The zero-order valence-electron chi connectivity index (χ0n) is 33.8. The molecule has 0 aliphatic carbocycles. The number of aromatic hydroxyl groups is 2. The fourth-order valence-electron chi connectivity index (χ4n) is 8.03. The Morgan fingerprint density at radius 1 is 0.935 bits per heavy atom. The monoisotopic (exact) mass is 846 g/mol. The first-order valence-electron chi connectivity index (χ1n) is 20.1. The molecule has 8 rings (SSSR count). The van der Waals surface area contributed by atoms with Crippen LogP contribution < -0.4 is 16.3 Å². The zero-order chi connectivity index (χ0) is 43.8. The third-order valence-corrected chi connectivity index (χ3v) is 11.4. The lowest BCUT2D eigenvalue weighted by Gasteiger charge is -2.35. The summed E-state index contributed by atoms with van der Waals surface area (Å²) < 4.78 is 22.2. The van der Waals surface area contributed by atoms with E-state index in [0.717, 1.165) is 4.57 Å². The number of carbonyl (C=O) groups is 5. The van der Waals surface area contributed by atoms with Crippen molar-refractivity contribution in [1.82, 2.24) is 34.8 Å². The number of aromatic nitrogens is 3. The minimum atomic E-state index is -0.787. The van der Waals surface area contributed by atoms with E-state index in [-0.39, 0.29) is 84.8 Å². The van der Waals surface area contributed by atoms with Gasteiger partial charge in [-0.15, -0.1) is 0 Å². The quantitative estimate of drug-likeness (QED) is 0.124. The van der Waals surface area contributed by atoms with Gasteiger partial charge < -0.3 is 24.7 Å². The van der Waals surface area contributed by atoms with Gasteiger partial charge in [0.2, 0.25) is 11.8 Å². The van der Waals surface area contributed by atoms with Gasteiger partial charge in [0, 0.05) is 79.7 Å². The highest BCUT2D eigenvalue weighted by Crippen LogP contribution is 2.38. The normalized spacial score (nSPS) is 16.7. The van der Waals surface area contributed by atoms with Crippen molar-refractivity contribution in [3.05, 3.63) is 122 Å². The molecular weight excluding hydrogens is 804 g/mol. The van der Waals surface area contributed by atoms with E-state index in [1.165, 1.54) is 17.0 Å². The van der Waals surface area contributed by atoms with Gasteiger partial charge in [-0.1, -0.05) is 38.1 Å². The number of carbonyl (C=O) groups excluding carboxylic acids is 5. The van der Waals surface area contributed by atoms with E-state index < -0.39 is 29.5 Å². The Hall–Kier alpha value is -7.34. The number of piperazine rings is 1. The maximum Gasteiger partial charge on any atom is 0.411 e. The maximum atomic E-state index is 15.6. The lowest BCUT2D eigenvalue weighted by atomic mass is 9.98. The Labute approximate surface area is 353 Å². The average Bonchev–Trinajstić information content (AvgIpc) is 3.80. The number of aromatic amines is 1. The number of amides is 5. The van der Waals surface area contributed by atoms with Gasteiger partial charge >= 0.3 is 11.8 Å². The molecule has 17 nitrogen and oxygen atoms in total. The summed E-state index contributed by atoms with van der Waals surface area (Å²) in [5.41, 5.74) is 3.06. The van der Waals surface area contributed by atoms with Crippen LogP contribution in [-0.4, -0.2) is 102 Å². The second-order valence-corrected chi connectivity index (χ2v) is 15.7. The van der Waals surface area contributed by atoms with E-state index in [2.05, 4.69) is 20.8 Å². The topological polar surface area (TPSA) is 219 Å². The second-order valence-electron chi connectivity index (χ2n) is 15.7. The number of hydrogen-bond acceptors (Lipinski definition) is 11. The Bertz CT molecular complexity index is 2670. The lowest BCUT2D eigenvalue weighted by molar-refractivity contribution is -0.136. The Kier molecular flexibility index (Phi) is 11.3. The molecule has 2 fully saturated rings. The molecule has 2 saturated heterocycles. The molecule has 62 heavy (non-hydrogen) atoms. The van der Waals surface area contributed by atoms with E-state index in [0.29, 0.717) is 65.2 Å². The number of phenols is 2. The van der Waals surface area contributed by atoms with Crippen molar-refractivity contribution in [2.24, 2.45) is 0 Å². The van der Waals surface area contributed by atoms with E-state index in [4.69, 9.17) is 4.74 Å². The molecule has 5 amide bonds. The number of halogens is 1. The summed E-state index contributed by atoms with van der Waals surface area (Å²) in [7, 11) is 0. The first-order chi connectivity index (χ1) is 29.7. The largest absolute Gasteiger partial charge is 0.508 e. The summed E-state index contributed by atoms with van der Waals surface area (Å²) in [5, 5.41) is 32.3. The van der Waals surface area contributed by atoms with Gasteiger partial charge in [0.25, 0.3) is 11.8 Å². The highest BCUT2D eigenvalue weighted by Gasteiger charge is 2.40. The number of benzene rings is 4. The molecule has 4 heterocycles. The van der Waals surface area contributed by atoms with Crippen molar-refractivity contribution in [3.63, 3.8) is 0 Å². The third kappa shape index (κ3) is 8.23. The van der Waals surface area contributed by atoms with Gasteiger partial charge in [-0.2, -0.15) is 5.10 Å². The standard InChI is InChI=1S/C44H43FN8O9/c1-24(2)30-19-31(37(55)20-36(30)54)39-48-49-43(60)53(39)28-11-10-27(33(45)18-28)21-50-14-16-51(17-15-50)41(58)26-8-6-25(7-9-26)23-62-44(61)46-34-5-3-4-29-32(34)22-52(42(29)59)35-12-13-38(56)47-40(35)57/h3-11,18-20,24,35,54-55H,12-17,21-23H2,1-2H3,(H,46,61)(H,49,60)(H,47,56,57). The van der Waals surface area contributed by atoms with Crippen molar-refractivity contribution >= 4 is 35.4 Å². The molecule has 18 heteroatoms. The Morgan fingerprint density at radius 2 is 1.69 bits per heavy atom. The molecule has 1 unspecified atom stereocenters. The first kappa shape index (κ1) is 41.4. The third-order valence-electron chi connectivity index (χ3n) is 11.4. The molecule has 1 aromatic heterocycles. The van der Waals surface area contributed by atoms with Crippen LogP contribution in [0.3, 0.4) is 0 Å². The lowest BCUT2D eigenvalue weighted by Crippen LogP contribution is -2.52. The number of rotatable bonds is 10. The van der Waals surface area contributed by atoms with Gasteiger partial charge in [-0.25, -0.2) is 23.6 Å². The van der Waals surface area contributed by atoms with Crippen molar-refractivity contribution in [3.8, 4) is 28.6 Å². The van der Waals surface area contributed by atoms with E-state index in [1.54, 1.807) is 65.6 Å². The van der Waals surface area contributed by atoms with Crippen molar-refractivity contribution < 1.29 is 43.3 Å². The molecule has 3 aliphatic rings. The molecule has 0 saturated carbocycles. The summed E-state index contributed by atoms with van der Waals surface area (Å²) in [5.74, 6) is -2.39. The molecule has 1 atom stereocenters. The van der Waals surface area contributed by atoms with E-state index in [1.807, 2.05) is 18.7 Å². The number of anilines is 1. The van der Waals surface area contributed by atoms with Crippen molar-refractivity contribution in [1.29, 1.82) is 0 Å².